The third kappa shape index (κ3) is 2.27. The van der Waals surface area contributed by atoms with Crippen molar-refractivity contribution in [1.82, 2.24) is 5.06 Å². The van der Waals surface area contributed by atoms with Crippen molar-refractivity contribution in [1.29, 1.82) is 0 Å². The smallest absolute Gasteiger partial charge is 0.327 e. The number of aliphatic carboxylic acids is 1. The van der Waals surface area contributed by atoms with Gasteiger partial charge in [0.1, 0.15) is 0 Å². The van der Waals surface area contributed by atoms with E-state index >= 15 is 0 Å². The van der Waals surface area contributed by atoms with Gasteiger partial charge in [0.05, 0.1) is 0 Å². The van der Waals surface area contributed by atoms with E-state index in [2.05, 4.69) is 0 Å². The van der Waals surface area contributed by atoms with Gasteiger partial charge in [0, 0.05) is 7.05 Å². The number of carboxylic acids is 1. The maximum Gasteiger partial charge on any atom is 0.327 e. The number of benzene rings is 1. The second-order valence-electron chi connectivity index (χ2n) is 2.73. The fourth-order valence-electron chi connectivity index (χ4n) is 1.15. The van der Waals surface area contributed by atoms with Gasteiger partial charge >= 0.3 is 5.97 Å². The molecule has 0 aliphatic heterocycles. The lowest BCUT2D eigenvalue weighted by Gasteiger charge is -2.17. The molecular weight excluding hydrogens is 170 g/mol. The molecule has 0 aromatic heterocycles. The summed E-state index contributed by atoms with van der Waals surface area (Å²) in [5.74, 6) is -1.07. The predicted octanol–water partition coefficient (Wildman–Crippen LogP) is 1.13. The summed E-state index contributed by atoms with van der Waals surface area (Å²) in [7, 11) is 1.31. The van der Waals surface area contributed by atoms with Crippen molar-refractivity contribution in [2.24, 2.45) is 0 Å². The van der Waals surface area contributed by atoms with Gasteiger partial charge in [0.2, 0.25) is 0 Å². The first-order chi connectivity index (χ1) is 6.13. The Morgan fingerprint density at radius 1 is 1.38 bits per heavy atom. The number of hydroxylamine groups is 2. The average Bonchev–Trinajstić information content (AvgIpc) is 2.04. The van der Waals surface area contributed by atoms with Crippen LogP contribution in [0, 0.1) is 0 Å². The topological polar surface area (TPSA) is 60.8 Å². The van der Waals surface area contributed by atoms with Gasteiger partial charge < -0.3 is 10.3 Å². The van der Waals surface area contributed by atoms with Crippen LogP contribution in [0.2, 0.25) is 0 Å². The summed E-state index contributed by atoms with van der Waals surface area (Å²) in [6.07, 6.45) is 0. The molecule has 2 N–H and O–H groups in total. The summed E-state index contributed by atoms with van der Waals surface area (Å²) in [6.45, 7) is 0. The molecule has 0 saturated carbocycles. The van der Waals surface area contributed by atoms with Gasteiger partial charge in [-0.1, -0.05) is 30.3 Å². The van der Waals surface area contributed by atoms with Gasteiger partial charge in [0.15, 0.2) is 6.04 Å². The molecule has 1 rings (SSSR count). The second-order valence-corrected chi connectivity index (χ2v) is 2.73. The van der Waals surface area contributed by atoms with E-state index in [0.717, 1.165) is 0 Å². The molecule has 4 heteroatoms. The van der Waals surface area contributed by atoms with E-state index < -0.39 is 12.0 Å². The van der Waals surface area contributed by atoms with Crippen molar-refractivity contribution >= 4 is 5.97 Å². The van der Waals surface area contributed by atoms with Crippen LogP contribution in [0.15, 0.2) is 30.3 Å². The number of likely N-dealkylation sites (N-methyl/N-ethyl adjacent to an activating group) is 1. The Hall–Kier alpha value is -1.39. The van der Waals surface area contributed by atoms with Crippen LogP contribution in [0.5, 0.6) is 0 Å². The van der Waals surface area contributed by atoms with Gasteiger partial charge in [-0.05, 0) is 5.56 Å². The van der Waals surface area contributed by atoms with Crippen molar-refractivity contribution < 1.29 is 15.1 Å². The van der Waals surface area contributed by atoms with Gasteiger partial charge in [-0.15, -0.1) is 0 Å². The van der Waals surface area contributed by atoms with Crippen LogP contribution in [0.1, 0.15) is 11.6 Å². The standard InChI is InChI=1S/C9H11NO3/c1-10(13)8(9(11)12)7-5-3-2-4-6-7/h2-6,8,13H,1H3,(H,11,12)/t8-/m1/s1. The molecule has 1 aromatic rings. The largest absolute Gasteiger partial charge is 0.480 e. The van der Waals surface area contributed by atoms with Crippen LogP contribution in [0.4, 0.5) is 0 Å². The van der Waals surface area contributed by atoms with Gasteiger partial charge in [-0.25, -0.2) is 0 Å². The van der Waals surface area contributed by atoms with Crippen LogP contribution in [0.3, 0.4) is 0 Å². The first kappa shape index (κ1) is 9.70. The fraction of sp³-hybridized carbons (Fsp3) is 0.222. The van der Waals surface area contributed by atoms with Gasteiger partial charge in [-0.2, -0.15) is 5.06 Å². The molecular formula is C9H11NO3. The lowest BCUT2D eigenvalue weighted by atomic mass is 10.1. The number of rotatable bonds is 3. The summed E-state index contributed by atoms with van der Waals surface area (Å²) in [5.41, 5.74) is 0.556. The van der Waals surface area contributed by atoms with Crippen LogP contribution in [-0.4, -0.2) is 28.4 Å². The Balaban J connectivity index is 2.96. The number of hydrogen-bond acceptors (Lipinski definition) is 3. The van der Waals surface area contributed by atoms with Crippen LogP contribution in [0.25, 0.3) is 0 Å². The number of carbonyl (C=O) groups is 1. The molecule has 0 aliphatic carbocycles. The highest BCUT2D eigenvalue weighted by Crippen LogP contribution is 2.17. The molecule has 4 nitrogen and oxygen atoms in total. The molecule has 0 saturated heterocycles. The first-order valence-electron chi connectivity index (χ1n) is 3.82. The molecule has 0 spiro atoms. The zero-order valence-corrected chi connectivity index (χ0v) is 7.21. The Bertz CT molecular complexity index is 284. The molecule has 0 fully saturated rings. The van der Waals surface area contributed by atoms with Crippen molar-refractivity contribution in [2.75, 3.05) is 7.05 Å². The van der Waals surface area contributed by atoms with Crippen LogP contribution >= 0.6 is 0 Å². The molecule has 0 unspecified atom stereocenters. The maximum absolute atomic E-state index is 10.7. The highest BCUT2D eigenvalue weighted by molar-refractivity contribution is 5.75. The quantitative estimate of drug-likeness (QED) is 0.686. The minimum atomic E-state index is -1.07. The number of hydrogen-bond donors (Lipinski definition) is 2. The van der Waals surface area contributed by atoms with Gasteiger partial charge in [-0.3, -0.25) is 4.79 Å². The van der Waals surface area contributed by atoms with Crippen LogP contribution in [-0.2, 0) is 4.79 Å². The summed E-state index contributed by atoms with van der Waals surface area (Å²) in [6, 6.07) is 7.57. The zero-order valence-electron chi connectivity index (χ0n) is 7.21. The molecule has 0 amide bonds. The van der Waals surface area contributed by atoms with Crippen molar-refractivity contribution in [2.45, 2.75) is 6.04 Å². The molecule has 13 heavy (non-hydrogen) atoms. The number of carboxylic acid groups (broad SMARTS) is 1. The molecule has 0 radical (unpaired) electrons. The third-order valence-corrected chi connectivity index (χ3v) is 1.72. The zero-order chi connectivity index (χ0) is 9.84. The Morgan fingerprint density at radius 3 is 2.31 bits per heavy atom. The lowest BCUT2D eigenvalue weighted by Crippen LogP contribution is -2.27. The summed E-state index contributed by atoms with van der Waals surface area (Å²) in [5, 5.41) is 18.6. The Morgan fingerprint density at radius 2 is 1.92 bits per heavy atom. The van der Waals surface area contributed by atoms with E-state index in [1.165, 1.54) is 7.05 Å². The minimum Gasteiger partial charge on any atom is -0.480 e. The monoisotopic (exact) mass is 181 g/mol. The summed E-state index contributed by atoms with van der Waals surface area (Å²) < 4.78 is 0. The molecule has 0 heterocycles. The third-order valence-electron chi connectivity index (χ3n) is 1.72. The van der Waals surface area contributed by atoms with Crippen molar-refractivity contribution in [3.05, 3.63) is 35.9 Å². The Kier molecular flexibility index (Phi) is 3.00. The minimum absolute atomic E-state index is 0.556. The van der Waals surface area contributed by atoms with E-state index in [0.29, 0.717) is 10.6 Å². The molecule has 0 aliphatic rings. The Labute approximate surface area is 76.0 Å². The van der Waals surface area contributed by atoms with Crippen molar-refractivity contribution in [3.63, 3.8) is 0 Å². The summed E-state index contributed by atoms with van der Waals surface area (Å²) in [4.78, 5) is 10.7. The molecule has 1 aromatic carbocycles. The first-order valence-corrected chi connectivity index (χ1v) is 3.82. The van der Waals surface area contributed by atoms with Gasteiger partial charge in [0.25, 0.3) is 0 Å². The average molecular weight is 181 g/mol. The molecule has 70 valence electrons. The molecule has 1 atom stereocenters. The SMILES string of the molecule is CN(O)[C@@H](C(=O)O)c1ccccc1. The van der Waals surface area contributed by atoms with E-state index in [1.807, 2.05) is 0 Å². The highest BCUT2D eigenvalue weighted by atomic mass is 16.5. The second kappa shape index (κ2) is 4.02. The molecule has 0 bridgehead atoms. The van der Waals surface area contributed by atoms with Crippen molar-refractivity contribution in [3.8, 4) is 0 Å². The van der Waals surface area contributed by atoms with E-state index in [-0.39, 0.29) is 0 Å². The number of nitrogens with zero attached hydrogens (tertiary/aromatic N) is 1. The normalized spacial score (nSPS) is 12.8. The fourth-order valence-corrected chi connectivity index (χ4v) is 1.15. The van der Waals surface area contributed by atoms with Crippen LogP contribution < -0.4 is 0 Å². The van der Waals surface area contributed by atoms with E-state index in [4.69, 9.17) is 10.3 Å². The summed E-state index contributed by atoms with van der Waals surface area (Å²) >= 11 is 0. The lowest BCUT2D eigenvalue weighted by molar-refractivity contribution is -0.163. The highest BCUT2D eigenvalue weighted by Gasteiger charge is 2.22. The maximum atomic E-state index is 10.7. The predicted molar refractivity (Wildman–Crippen MR) is 46.4 cm³/mol. The van der Waals surface area contributed by atoms with E-state index in [1.54, 1.807) is 30.3 Å². The van der Waals surface area contributed by atoms with E-state index in [9.17, 15) is 4.79 Å².